The first-order valence-electron chi connectivity index (χ1n) is 9.18. The van der Waals surface area contributed by atoms with Crippen LogP contribution in [0.1, 0.15) is 19.5 Å². The quantitative estimate of drug-likeness (QED) is 0.517. The Kier molecular flexibility index (Phi) is 6.31. The molecular formula is C21H23ClFN5. The fourth-order valence-electron chi connectivity index (χ4n) is 2.88. The molecule has 5 nitrogen and oxygen atoms in total. The lowest BCUT2D eigenvalue weighted by Gasteiger charge is -2.21. The van der Waals surface area contributed by atoms with Gasteiger partial charge in [0.15, 0.2) is 0 Å². The van der Waals surface area contributed by atoms with Crippen LogP contribution in [0.3, 0.4) is 0 Å². The Morgan fingerprint density at radius 3 is 2.25 bits per heavy atom. The Bertz CT molecular complexity index is 942. The van der Waals surface area contributed by atoms with Crippen molar-refractivity contribution in [1.82, 2.24) is 9.97 Å². The van der Waals surface area contributed by atoms with Gasteiger partial charge in [0.2, 0.25) is 5.95 Å². The van der Waals surface area contributed by atoms with Crippen molar-refractivity contribution >= 4 is 40.4 Å². The third-order valence-corrected chi connectivity index (χ3v) is 4.59. The minimum atomic E-state index is -0.457. The van der Waals surface area contributed by atoms with Gasteiger partial charge >= 0.3 is 0 Å². The van der Waals surface area contributed by atoms with Crippen molar-refractivity contribution in [3.63, 3.8) is 0 Å². The van der Waals surface area contributed by atoms with Crippen molar-refractivity contribution in [3.05, 3.63) is 65.1 Å². The molecule has 146 valence electrons. The molecule has 0 bridgehead atoms. The summed E-state index contributed by atoms with van der Waals surface area (Å²) in [6.45, 7) is 8.09. The third-order valence-electron chi connectivity index (χ3n) is 4.30. The molecule has 0 radical (unpaired) electrons. The highest BCUT2D eigenvalue weighted by Crippen LogP contribution is 2.24. The number of benzene rings is 2. The van der Waals surface area contributed by atoms with Crippen molar-refractivity contribution in [2.75, 3.05) is 28.6 Å². The summed E-state index contributed by atoms with van der Waals surface area (Å²) in [5.74, 6) is 0.616. The molecule has 0 atom stereocenters. The van der Waals surface area contributed by atoms with Gasteiger partial charge in [-0.3, -0.25) is 0 Å². The highest BCUT2D eigenvalue weighted by molar-refractivity contribution is 6.31. The Hall–Kier alpha value is -2.86. The van der Waals surface area contributed by atoms with Crippen LogP contribution >= 0.6 is 11.6 Å². The largest absolute Gasteiger partial charge is 0.372 e. The molecule has 0 spiro atoms. The molecule has 7 heteroatoms. The molecule has 28 heavy (non-hydrogen) atoms. The summed E-state index contributed by atoms with van der Waals surface area (Å²) >= 11 is 5.84. The van der Waals surface area contributed by atoms with E-state index in [4.69, 9.17) is 11.6 Å². The number of nitrogens with one attached hydrogen (secondary N) is 2. The van der Waals surface area contributed by atoms with Crippen molar-refractivity contribution < 1.29 is 4.39 Å². The van der Waals surface area contributed by atoms with Crippen LogP contribution in [0.15, 0.2) is 48.5 Å². The van der Waals surface area contributed by atoms with E-state index in [1.807, 2.05) is 25.1 Å². The Morgan fingerprint density at radius 2 is 1.61 bits per heavy atom. The van der Waals surface area contributed by atoms with E-state index in [2.05, 4.69) is 51.5 Å². The van der Waals surface area contributed by atoms with E-state index in [9.17, 15) is 4.39 Å². The maximum atomic E-state index is 13.3. The molecular weight excluding hydrogens is 377 g/mol. The van der Waals surface area contributed by atoms with E-state index >= 15 is 0 Å². The van der Waals surface area contributed by atoms with Gasteiger partial charge in [-0.15, -0.1) is 0 Å². The van der Waals surface area contributed by atoms with E-state index in [0.717, 1.165) is 24.5 Å². The molecule has 0 unspecified atom stereocenters. The van der Waals surface area contributed by atoms with Crippen LogP contribution in [0, 0.1) is 12.7 Å². The van der Waals surface area contributed by atoms with E-state index < -0.39 is 5.82 Å². The lowest BCUT2D eigenvalue weighted by molar-refractivity contribution is 0.628. The number of aryl methyl sites for hydroxylation is 1. The average Bonchev–Trinajstić information content (AvgIpc) is 2.66. The highest BCUT2D eigenvalue weighted by atomic mass is 35.5. The number of aromatic nitrogens is 2. The van der Waals surface area contributed by atoms with Gasteiger partial charge in [0.05, 0.1) is 5.02 Å². The van der Waals surface area contributed by atoms with Crippen molar-refractivity contribution in [2.45, 2.75) is 20.8 Å². The lowest BCUT2D eigenvalue weighted by atomic mass is 10.2. The standard InChI is InChI=1S/C21H23ClFN5/c1-4-28(5-2)17-9-6-15(7-10-17)26-21-24-14(3)12-20(27-21)25-16-8-11-19(23)18(22)13-16/h6-13H,4-5H2,1-3H3,(H2,24,25,26,27). The van der Waals surface area contributed by atoms with Crippen molar-refractivity contribution in [3.8, 4) is 0 Å². The molecule has 3 aromatic rings. The number of rotatable bonds is 7. The third kappa shape index (κ3) is 4.89. The van der Waals surface area contributed by atoms with Gasteiger partial charge in [-0.05, 0) is 63.2 Å². The van der Waals surface area contributed by atoms with Crippen LogP contribution in [0.4, 0.5) is 33.2 Å². The van der Waals surface area contributed by atoms with Gasteiger partial charge in [-0.25, -0.2) is 9.37 Å². The summed E-state index contributed by atoms with van der Waals surface area (Å²) in [7, 11) is 0. The first-order chi connectivity index (χ1) is 13.5. The molecule has 0 aliphatic carbocycles. The molecule has 0 saturated carbocycles. The van der Waals surface area contributed by atoms with Crippen LogP contribution in [-0.2, 0) is 0 Å². The maximum Gasteiger partial charge on any atom is 0.229 e. The second-order valence-electron chi connectivity index (χ2n) is 6.32. The topological polar surface area (TPSA) is 53.1 Å². The number of halogens is 2. The average molecular weight is 400 g/mol. The van der Waals surface area contributed by atoms with E-state index in [-0.39, 0.29) is 5.02 Å². The van der Waals surface area contributed by atoms with Gasteiger partial charge in [0.25, 0.3) is 0 Å². The van der Waals surface area contributed by atoms with Crippen LogP contribution in [0.5, 0.6) is 0 Å². The Morgan fingerprint density at radius 1 is 0.929 bits per heavy atom. The second-order valence-corrected chi connectivity index (χ2v) is 6.72. The Labute approximate surface area is 169 Å². The number of nitrogens with zero attached hydrogens (tertiary/aromatic N) is 3. The van der Waals surface area contributed by atoms with Gasteiger partial charge in [-0.1, -0.05) is 11.6 Å². The summed E-state index contributed by atoms with van der Waals surface area (Å²) in [6.07, 6.45) is 0. The normalized spacial score (nSPS) is 10.6. The maximum absolute atomic E-state index is 13.3. The molecule has 3 rings (SSSR count). The van der Waals surface area contributed by atoms with Gasteiger partial charge in [0, 0.05) is 41.9 Å². The summed E-state index contributed by atoms with van der Waals surface area (Å²) in [4.78, 5) is 11.2. The van der Waals surface area contributed by atoms with E-state index in [0.29, 0.717) is 17.5 Å². The summed E-state index contributed by atoms with van der Waals surface area (Å²) in [5, 5.41) is 6.41. The lowest BCUT2D eigenvalue weighted by Crippen LogP contribution is -2.21. The van der Waals surface area contributed by atoms with Crippen LogP contribution in [0.25, 0.3) is 0 Å². The number of hydrogen-bond donors (Lipinski definition) is 2. The first kappa shape index (κ1) is 19.9. The highest BCUT2D eigenvalue weighted by Gasteiger charge is 2.07. The SMILES string of the molecule is CCN(CC)c1ccc(Nc2nc(C)cc(Nc3ccc(F)c(Cl)c3)n2)cc1. The van der Waals surface area contributed by atoms with Crippen LogP contribution < -0.4 is 15.5 Å². The summed E-state index contributed by atoms with van der Waals surface area (Å²) in [5.41, 5.74) is 3.53. The van der Waals surface area contributed by atoms with Gasteiger partial charge in [-0.2, -0.15) is 4.98 Å². The zero-order chi connectivity index (χ0) is 20.1. The van der Waals surface area contributed by atoms with E-state index in [1.54, 1.807) is 6.07 Å². The fourth-order valence-corrected chi connectivity index (χ4v) is 3.06. The minimum absolute atomic E-state index is 0.0578. The molecule has 0 aliphatic heterocycles. The van der Waals surface area contributed by atoms with Crippen LogP contribution in [-0.4, -0.2) is 23.1 Å². The molecule has 0 fully saturated rings. The van der Waals surface area contributed by atoms with Gasteiger partial charge in [0.1, 0.15) is 11.6 Å². The fraction of sp³-hybridized carbons (Fsp3) is 0.238. The Balaban J connectivity index is 1.76. The molecule has 0 aliphatic rings. The predicted octanol–water partition coefficient (Wildman–Crippen LogP) is 5.91. The van der Waals surface area contributed by atoms with Crippen LogP contribution in [0.2, 0.25) is 5.02 Å². The molecule has 1 aromatic heterocycles. The zero-order valence-corrected chi connectivity index (χ0v) is 16.9. The molecule has 0 saturated heterocycles. The summed E-state index contributed by atoms with van der Waals surface area (Å²) in [6, 6.07) is 14.4. The number of hydrogen-bond acceptors (Lipinski definition) is 5. The number of anilines is 5. The van der Waals surface area contributed by atoms with Crippen molar-refractivity contribution in [2.24, 2.45) is 0 Å². The zero-order valence-electron chi connectivity index (χ0n) is 16.1. The summed E-state index contributed by atoms with van der Waals surface area (Å²) < 4.78 is 13.3. The second kappa shape index (κ2) is 8.89. The first-order valence-corrected chi connectivity index (χ1v) is 9.56. The molecule has 0 amide bonds. The van der Waals surface area contributed by atoms with E-state index in [1.165, 1.54) is 17.8 Å². The predicted molar refractivity (Wildman–Crippen MR) is 115 cm³/mol. The molecule has 2 N–H and O–H groups in total. The minimum Gasteiger partial charge on any atom is -0.372 e. The monoisotopic (exact) mass is 399 g/mol. The van der Waals surface area contributed by atoms with Gasteiger partial charge < -0.3 is 15.5 Å². The molecule has 2 aromatic carbocycles. The molecule has 1 heterocycles. The smallest absolute Gasteiger partial charge is 0.229 e. The van der Waals surface area contributed by atoms with Crippen molar-refractivity contribution in [1.29, 1.82) is 0 Å².